The van der Waals surface area contributed by atoms with E-state index in [1.165, 1.54) is 22.3 Å². The van der Waals surface area contributed by atoms with Gasteiger partial charge < -0.3 is 5.11 Å². The fraction of sp³-hybridized carbons (Fsp3) is 0.565. The molecule has 1 unspecified atom stereocenters. The number of rotatable bonds is 1. The molecular formula is C23H36Cl2OZr. The monoisotopic (exact) mass is 488 g/mol. The van der Waals surface area contributed by atoms with E-state index in [2.05, 4.69) is 87.4 Å². The molecular weight excluding hydrogens is 454 g/mol. The summed E-state index contributed by atoms with van der Waals surface area (Å²) in [4.78, 5) is 0. The molecule has 0 spiro atoms. The van der Waals surface area contributed by atoms with Gasteiger partial charge in [0.05, 0.1) is 0 Å². The van der Waals surface area contributed by atoms with E-state index in [-0.39, 0.29) is 67.3 Å². The van der Waals surface area contributed by atoms with Crippen molar-refractivity contribution in [1.29, 1.82) is 0 Å². The van der Waals surface area contributed by atoms with E-state index >= 15 is 0 Å². The predicted octanol–water partition coefficient (Wildman–Crippen LogP) is 7.38. The van der Waals surface area contributed by atoms with Crippen molar-refractivity contribution >= 4 is 24.8 Å². The van der Waals surface area contributed by atoms with Crippen LogP contribution in [0.1, 0.15) is 85.9 Å². The van der Waals surface area contributed by atoms with Gasteiger partial charge in [0, 0.05) is 37.2 Å². The van der Waals surface area contributed by atoms with E-state index in [9.17, 15) is 5.11 Å². The van der Waals surface area contributed by atoms with Crippen molar-refractivity contribution in [3.63, 3.8) is 0 Å². The topological polar surface area (TPSA) is 20.2 Å². The number of hydrogen-bond acceptors (Lipinski definition) is 1. The zero-order valence-corrected chi connectivity index (χ0v) is 22.6. The Morgan fingerprint density at radius 2 is 1.33 bits per heavy atom. The number of halogens is 2. The van der Waals surface area contributed by atoms with Gasteiger partial charge in [-0.05, 0) is 55.2 Å². The molecule has 27 heavy (non-hydrogen) atoms. The molecule has 0 aliphatic heterocycles. The number of benzene rings is 1. The first-order valence-corrected chi connectivity index (χ1v) is 8.96. The molecule has 1 aliphatic carbocycles. The maximum Gasteiger partial charge on any atom is 0.123 e. The molecule has 4 heteroatoms. The number of hydrogen-bond donors (Lipinski definition) is 1. The van der Waals surface area contributed by atoms with Crippen molar-refractivity contribution in [3.05, 3.63) is 51.6 Å². The standard InChI is InChI=1S/C23H34O.2ClH.Zr/c1-14-13-23(10,16(3)15(14)2)19-12-17(21(4,5)6)11-18(20(19)24)22(7,8)9;;;/h11-13,24H,1-10H3;2*1H;. The van der Waals surface area contributed by atoms with Gasteiger partial charge in [0.25, 0.3) is 0 Å². The normalized spacial score (nSPS) is 19.7. The van der Waals surface area contributed by atoms with Gasteiger partial charge in [-0.15, -0.1) is 24.8 Å². The van der Waals surface area contributed by atoms with E-state index in [4.69, 9.17) is 0 Å². The van der Waals surface area contributed by atoms with Gasteiger partial charge >= 0.3 is 0 Å². The van der Waals surface area contributed by atoms with Crippen LogP contribution in [0.2, 0.25) is 0 Å². The van der Waals surface area contributed by atoms with E-state index < -0.39 is 0 Å². The summed E-state index contributed by atoms with van der Waals surface area (Å²) in [5.74, 6) is 0.455. The van der Waals surface area contributed by atoms with Crippen LogP contribution in [0.3, 0.4) is 0 Å². The molecule has 0 fully saturated rings. The maximum atomic E-state index is 11.2. The van der Waals surface area contributed by atoms with Gasteiger partial charge in [0.2, 0.25) is 0 Å². The molecule has 1 atom stereocenters. The average Bonchev–Trinajstić information content (AvgIpc) is 2.61. The Hall–Kier alpha value is -0.0369. The van der Waals surface area contributed by atoms with Gasteiger partial charge in [-0.25, -0.2) is 0 Å². The Kier molecular flexibility index (Phi) is 9.93. The Balaban J connectivity index is 0. The molecule has 2 rings (SSSR count). The molecule has 0 saturated carbocycles. The second-order valence-electron chi connectivity index (χ2n) is 9.70. The number of phenolic OH excluding ortho intramolecular Hbond substituents is 1. The summed E-state index contributed by atoms with van der Waals surface area (Å²) in [5.41, 5.74) is 7.06. The third-order valence-corrected chi connectivity index (χ3v) is 5.78. The molecule has 1 N–H and O–H groups in total. The van der Waals surface area contributed by atoms with Crippen LogP contribution in [-0.4, -0.2) is 5.11 Å². The van der Waals surface area contributed by atoms with Crippen molar-refractivity contribution in [2.75, 3.05) is 0 Å². The van der Waals surface area contributed by atoms with Crippen LogP contribution < -0.4 is 0 Å². The summed E-state index contributed by atoms with van der Waals surface area (Å²) in [6.45, 7) is 22.0. The minimum absolute atomic E-state index is 0. The van der Waals surface area contributed by atoms with Gasteiger partial charge in [-0.1, -0.05) is 70.9 Å². The van der Waals surface area contributed by atoms with Crippen LogP contribution in [-0.2, 0) is 42.4 Å². The minimum atomic E-state index is -0.237. The van der Waals surface area contributed by atoms with Gasteiger partial charge in [-0.2, -0.15) is 0 Å². The van der Waals surface area contributed by atoms with Gasteiger partial charge in [-0.3, -0.25) is 0 Å². The molecule has 152 valence electrons. The molecule has 0 heterocycles. The van der Waals surface area contributed by atoms with Crippen LogP contribution in [0, 0.1) is 0 Å². The van der Waals surface area contributed by atoms with E-state index in [0.717, 1.165) is 11.1 Å². The Morgan fingerprint density at radius 3 is 1.67 bits per heavy atom. The second kappa shape index (κ2) is 9.19. The number of phenols is 1. The van der Waals surface area contributed by atoms with Crippen LogP contribution >= 0.6 is 24.8 Å². The van der Waals surface area contributed by atoms with Crippen LogP contribution in [0.25, 0.3) is 0 Å². The van der Waals surface area contributed by atoms with Crippen molar-refractivity contribution in [1.82, 2.24) is 0 Å². The molecule has 1 aliphatic rings. The first-order chi connectivity index (χ1) is 10.7. The maximum absolute atomic E-state index is 11.2. The molecule has 0 bridgehead atoms. The summed E-state index contributed by atoms with van der Waals surface area (Å²) in [6, 6.07) is 4.41. The molecule has 0 aromatic heterocycles. The zero-order chi connectivity index (χ0) is 18.7. The minimum Gasteiger partial charge on any atom is -0.507 e. The summed E-state index contributed by atoms with van der Waals surface area (Å²) in [7, 11) is 0. The molecule has 0 radical (unpaired) electrons. The quantitative estimate of drug-likeness (QED) is 0.435. The molecule has 1 nitrogen and oxygen atoms in total. The largest absolute Gasteiger partial charge is 0.507 e. The summed E-state index contributed by atoms with van der Waals surface area (Å²) in [6.07, 6.45) is 2.31. The summed E-state index contributed by atoms with van der Waals surface area (Å²) in [5, 5.41) is 11.2. The van der Waals surface area contributed by atoms with E-state index in [1.807, 2.05) is 0 Å². The number of aromatic hydroxyl groups is 1. The van der Waals surface area contributed by atoms with E-state index in [0.29, 0.717) is 5.75 Å². The van der Waals surface area contributed by atoms with Crippen molar-refractivity contribution in [3.8, 4) is 5.75 Å². The average molecular weight is 491 g/mol. The Labute approximate surface area is 198 Å². The summed E-state index contributed by atoms with van der Waals surface area (Å²) >= 11 is 0. The number of allylic oxidation sites excluding steroid dienone is 4. The van der Waals surface area contributed by atoms with Crippen molar-refractivity contribution < 1.29 is 31.3 Å². The third kappa shape index (κ3) is 5.31. The fourth-order valence-corrected chi connectivity index (χ4v) is 3.65. The fourth-order valence-electron chi connectivity index (χ4n) is 3.65. The van der Waals surface area contributed by atoms with Crippen molar-refractivity contribution in [2.24, 2.45) is 0 Å². The van der Waals surface area contributed by atoms with Gasteiger partial charge in [0.15, 0.2) is 0 Å². The predicted molar refractivity (Wildman–Crippen MR) is 119 cm³/mol. The smallest absolute Gasteiger partial charge is 0.123 e. The Morgan fingerprint density at radius 1 is 0.852 bits per heavy atom. The summed E-state index contributed by atoms with van der Waals surface area (Å²) < 4.78 is 0. The van der Waals surface area contributed by atoms with E-state index in [1.54, 1.807) is 0 Å². The SMILES string of the molecule is CC1=CC(C)(c2cc(C(C)(C)C)cc(C(C)(C)C)c2O)C(C)=C1C.Cl.Cl.[Zr]. The molecule has 1 aromatic rings. The van der Waals surface area contributed by atoms with Gasteiger partial charge in [0.1, 0.15) is 5.75 Å². The van der Waals surface area contributed by atoms with Crippen molar-refractivity contribution in [2.45, 2.75) is 85.5 Å². The molecule has 0 amide bonds. The van der Waals surface area contributed by atoms with Crippen LogP contribution in [0.4, 0.5) is 0 Å². The first kappa shape index (κ1) is 29.2. The molecule has 0 saturated heterocycles. The molecule has 1 aromatic carbocycles. The zero-order valence-electron chi connectivity index (χ0n) is 18.5. The van der Waals surface area contributed by atoms with Crippen LogP contribution in [0.15, 0.2) is 34.9 Å². The first-order valence-electron chi connectivity index (χ1n) is 8.96. The second-order valence-corrected chi connectivity index (χ2v) is 9.70. The van der Waals surface area contributed by atoms with Crippen LogP contribution in [0.5, 0.6) is 5.75 Å². The third-order valence-electron chi connectivity index (χ3n) is 5.78. The Bertz CT molecular complexity index is 749.